The van der Waals surface area contributed by atoms with Crippen molar-refractivity contribution in [2.24, 2.45) is 5.92 Å². The van der Waals surface area contributed by atoms with Crippen molar-refractivity contribution in [1.29, 1.82) is 0 Å². The predicted molar refractivity (Wildman–Crippen MR) is 71.0 cm³/mol. The molecule has 0 fully saturated rings. The molecule has 0 aliphatic rings. The fourth-order valence-electron chi connectivity index (χ4n) is 1.25. The Morgan fingerprint density at radius 2 is 2.05 bits per heavy atom. The molecule has 0 saturated heterocycles. The largest absolute Gasteiger partial charge is 0.455 e. The average molecular weight is 267 g/mol. The van der Waals surface area contributed by atoms with Gasteiger partial charge in [0, 0.05) is 12.7 Å². The summed E-state index contributed by atoms with van der Waals surface area (Å²) in [4.78, 5) is 23.4. The smallest absolute Gasteiger partial charge is 0.359 e. The van der Waals surface area contributed by atoms with Gasteiger partial charge in [-0.25, -0.2) is 9.59 Å². The van der Waals surface area contributed by atoms with Gasteiger partial charge in [-0.05, 0) is 32.8 Å². The molecule has 1 rings (SSSR count). The van der Waals surface area contributed by atoms with Crippen molar-refractivity contribution < 1.29 is 14.3 Å². The van der Waals surface area contributed by atoms with Crippen LogP contribution in [0.3, 0.4) is 0 Å². The summed E-state index contributed by atoms with van der Waals surface area (Å²) in [5.74, 6) is -0.187. The summed E-state index contributed by atoms with van der Waals surface area (Å²) in [6.45, 7) is 9.87. The first kappa shape index (κ1) is 15.2. The average Bonchev–Trinajstić information content (AvgIpc) is 2.72. The predicted octanol–water partition coefficient (Wildman–Crippen LogP) is 2.05. The number of rotatable bonds is 3. The fourth-order valence-corrected chi connectivity index (χ4v) is 1.25. The van der Waals surface area contributed by atoms with Crippen LogP contribution in [0.1, 0.15) is 45.1 Å². The highest BCUT2D eigenvalue weighted by Gasteiger charge is 2.20. The minimum absolute atomic E-state index is 0.120. The van der Waals surface area contributed by atoms with Gasteiger partial charge in [0.05, 0.1) is 0 Å². The lowest BCUT2D eigenvalue weighted by Crippen LogP contribution is -2.32. The first-order valence-electron chi connectivity index (χ1n) is 6.26. The van der Waals surface area contributed by atoms with E-state index in [-0.39, 0.29) is 11.7 Å². The molecule has 1 heterocycles. The van der Waals surface area contributed by atoms with E-state index >= 15 is 0 Å². The van der Waals surface area contributed by atoms with Crippen molar-refractivity contribution in [2.75, 3.05) is 6.54 Å². The van der Waals surface area contributed by atoms with E-state index in [0.717, 1.165) is 4.68 Å². The number of esters is 1. The molecule has 0 aromatic carbocycles. The lowest BCUT2D eigenvalue weighted by atomic mass is 10.2. The van der Waals surface area contributed by atoms with Gasteiger partial charge < -0.3 is 10.1 Å². The van der Waals surface area contributed by atoms with Crippen LogP contribution < -0.4 is 5.32 Å². The highest BCUT2D eigenvalue weighted by Crippen LogP contribution is 2.10. The topological polar surface area (TPSA) is 73.2 Å². The number of hydrogen-bond acceptors (Lipinski definition) is 4. The van der Waals surface area contributed by atoms with E-state index in [1.165, 1.54) is 12.3 Å². The second-order valence-electron chi connectivity index (χ2n) is 5.73. The Balaban J connectivity index is 2.66. The zero-order valence-electron chi connectivity index (χ0n) is 12.1. The molecule has 106 valence electrons. The summed E-state index contributed by atoms with van der Waals surface area (Å²) in [6.07, 6.45) is 1.44. The quantitative estimate of drug-likeness (QED) is 0.851. The van der Waals surface area contributed by atoms with Crippen LogP contribution in [0, 0.1) is 5.92 Å². The van der Waals surface area contributed by atoms with Crippen molar-refractivity contribution in [3.8, 4) is 0 Å². The lowest BCUT2D eigenvalue weighted by Gasteiger charge is -2.18. The second kappa shape index (κ2) is 5.86. The maximum Gasteiger partial charge on any atom is 0.359 e. The van der Waals surface area contributed by atoms with E-state index < -0.39 is 11.6 Å². The molecule has 1 aromatic rings. The Morgan fingerprint density at radius 3 is 2.58 bits per heavy atom. The molecular weight excluding hydrogens is 246 g/mol. The van der Waals surface area contributed by atoms with Gasteiger partial charge in [0.15, 0.2) is 5.69 Å². The molecule has 0 atom stereocenters. The summed E-state index contributed by atoms with van der Waals surface area (Å²) in [6, 6.07) is 1.10. The fraction of sp³-hybridized carbons (Fsp3) is 0.615. The van der Waals surface area contributed by atoms with Crippen molar-refractivity contribution in [1.82, 2.24) is 15.1 Å². The van der Waals surface area contributed by atoms with Gasteiger partial charge >= 0.3 is 12.0 Å². The summed E-state index contributed by atoms with van der Waals surface area (Å²) >= 11 is 0. The Kier molecular flexibility index (Phi) is 4.69. The second-order valence-corrected chi connectivity index (χ2v) is 5.73. The molecule has 0 saturated carbocycles. The third kappa shape index (κ3) is 5.11. The Morgan fingerprint density at radius 1 is 1.42 bits per heavy atom. The van der Waals surface area contributed by atoms with E-state index in [1.54, 1.807) is 20.8 Å². The molecule has 1 aromatic heterocycles. The molecule has 6 heteroatoms. The number of carbonyl (C=O) groups is 2. The summed E-state index contributed by atoms with van der Waals surface area (Å²) in [5.41, 5.74) is -0.463. The van der Waals surface area contributed by atoms with Gasteiger partial charge in [-0.1, -0.05) is 13.8 Å². The minimum Gasteiger partial charge on any atom is -0.455 e. The Hall–Kier alpha value is -1.85. The highest BCUT2D eigenvalue weighted by atomic mass is 16.6. The molecule has 0 spiro atoms. The molecule has 0 bridgehead atoms. The number of carbonyl (C=O) groups excluding carboxylic acids is 2. The van der Waals surface area contributed by atoms with Crippen molar-refractivity contribution in [3.05, 3.63) is 18.0 Å². The van der Waals surface area contributed by atoms with Gasteiger partial charge in [-0.2, -0.15) is 9.78 Å². The van der Waals surface area contributed by atoms with Crippen molar-refractivity contribution in [2.45, 2.75) is 40.2 Å². The molecule has 1 amide bonds. The maximum atomic E-state index is 11.7. The third-order valence-corrected chi connectivity index (χ3v) is 2.07. The first-order chi connectivity index (χ1) is 8.69. The summed E-state index contributed by atoms with van der Waals surface area (Å²) in [5, 5.41) is 6.61. The standard InChI is InChI=1S/C13H21N3O3/c1-9(2)8-14-12(18)16-7-6-10(15-16)11(17)19-13(3,4)5/h6-7,9H,8H2,1-5H3,(H,14,18). The van der Waals surface area contributed by atoms with E-state index in [9.17, 15) is 9.59 Å². The van der Waals surface area contributed by atoms with E-state index in [2.05, 4.69) is 10.4 Å². The van der Waals surface area contributed by atoms with Crippen LogP contribution in [0.4, 0.5) is 4.79 Å². The maximum absolute atomic E-state index is 11.7. The third-order valence-electron chi connectivity index (χ3n) is 2.07. The SMILES string of the molecule is CC(C)CNC(=O)n1ccc(C(=O)OC(C)(C)C)n1. The molecule has 0 radical (unpaired) electrons. The van der Waals surface area contributed by atoms with Crippen LogP contribution in [-0.4, -0.2) is 33.9 Å². The monoisotopic (exact) mass is 267 g/mol. The normalized spacial score (nSPS) is 11.5. The molecule has 1 N–H and O–H groups in total. The van der Waals surface area contributed by atoms with E-state index in [4.69, 9.17) is 4.74 Å². The number of ether oxygens (including phenoxy) is 1. The first-order valence-corrected chi connectivity index (χ1v) is 6.26. The number of nitrogens with one attached hydrogen (secondary N) is 1. The summed E-state index contributed by atoms with van der Waals surface area (Å²) < 4.78 is 6.27. The molecular formula is C13H21N3O3. The molecule has 0 aliphatic carbocycles. The van der Waals surface area contributed by atoms with Gasteiger partial charge in [0.2, 0.25) is 0 Å². The number of hydrogen-bond donors (Lipinski definition) is 1. The zero-order valence-corrected chi connectivity index (χ0v) is 12.1. The van der Waals surface area contributed by atoms with Crippen LogP contribution in [0.2, 0.25) is 0 Å². The number of nitrogens with zero attached hydrogens (tertiary/aromatic N) is 2. The van der Waals surface area contributed by atoms with E-state index in [1.807, 2.05) is 13.8 Å². The van der Waals surface area contributed by atoms with Crippen LogP contribution >= 0.6 is 0 Å². The van der Waals surface area contributed by atoms with E-state index in [0.29, 0.717) is 12.5 Å². The molecule has 0 aliphatic heterocycles. The highest BCUT2D eigenvalue weighted by molar-refractivity contribution is 5.88. The van der Waals surface area contributed by atoms with Gasteiger partial charge in [0.1, 0.15) is 5.60 Å². The van der Waals surface area contributed by atoms with Crippen LogP contribution in [0.5, 0.6) is 0 Å². The van der Waals surface area contributed by atoms with Crippen molar-refractivity contribution in [3.63, 3.8) is 0 Å². The lowest BCUT2D eigenvalue weighted by molar-refractivity contribution is 0.00624. The van der Waals surface area contributed by atoms with Crippen molar-refractivity contribution >= 4 is 12.0 Å². The Bertz CT molecular complexity index is 458. The number of amides is 1. The molecule has 6 nitrogen and oxygen atoms in total. The molecule has 19 heavy (non-hydrogen) atoms. The molecule has 0 unspecified atom stereocenters. The summed E-state index contributed by atoms with van der Waals surface area (Å²) in [7, 11) is 0. The van der Waals surface area contributed by atoms with Gasteiger partial charge in [0.25, 0.3) is 0 Å². The van der Waals surface area contributed by atoms with Crippen LogP contribution in [-0.2, 0) is 4.74 Å². The zero-order chi connectivity index (χ0) is 14.6. The van der Waals surface area contributed by atoms with Crippen LogP contribution in [0.25, 0.3) is 0 Å². The number of aromatic nitrogens is 2. The van der Waals surface area contributed by atoms with Gasteiger partial charge in [-0.15, -0.1) is 0 Å². The van der Waals surface area contributed by atoms with Crippen LogP contribution in [0.15, 0.2) is 12.3 Å². The minimum atomic E-state index is -0.583. The Labute approximate surface area is 113 Å². The van der Waals surface area contributed by atoms with Gasteiger partial charge in [-0.3, -0.25) is 0 Å².